The number of fused-ring (bicyclic) bond motifs is 1. The minimum atomic E-state index is -1.52. The van der Waals surface area contributed by atoms with Gasteiger partial charge < -0.3 is 29.6 Å². The van der Waals surface area contributed by atoms with Crippen molar-refractivity contribution >= 4 is 5.78 Å². The van der Waals surface area contributed by atoms with Crippen molar-refractivity contribution in [3.05, 3.63) is 71.2 Å². The minimum Gasteiger partial charge on any atom is -0.493 e. The first kappa shape index (κ1) is 28.4. The van der Waals surface area contributed by atoms with Gasteiger partial charge in [-0.05, 0) is 75.7 Å². The molecule has 0 aliphatic carbocycles. The largest absolute Gasteiger partial charge is 0.493 e. The normalized spacial score (nSPS) is 18.6. The van der Waals surface area contributed by atoms with E-state index in [0.717, 1.165) is 0 Å². The number of hydroxylamine groups is 1. The van der Waals surface area contributed by atoms with Crippen LogP contribution in [0.25, 0.3) is 11.3 Å². The number of halogens is 1. The second kappa shape index (κ2) is 11.3. The number of nitrogens with zero attached hydrogens (tertiary/aromatic N) is 1. The van der Waals surface area contributed by atoms with Gasteiger partial charge in [0.05, 0.1) is 18.9 Å². The fourth-order valence-electron chi connectivity index (χ4n) is 4.36. The van der Waals surface area contributed by atoms with Crippen molar-refractivity contribution in [3.63, 3.8) is 0 Å². The van der Waals surface area contributed by atoms with E-state index in [4.69, 9.17) is 14.2 Å². The summed E-state index contributed by atoms with van der Waals surface area (Å²) in [5.74, 6) is 0.555. The molecule has 208 valence electrons. The number of ketones is 1. The van der Waals surface area contributed by atoms with Crippen LogP contribution in [0, 0.1) is 5.82 Å². The van der Waals surface area contributed by atoms with Crippen molar-refractivity contribution in [2.45, 2.75) is 50.9 Å². The minimum absolute atomic E-state index is 0.000691. The third-order valence-corrected chi connectivity index (χ3v) is 6.79. The van der Waals surface area contributed by atoms with Gasteiger partial charge in [-0.2, -0.15) is 5.48 Å². The number of carbonyl (C=O) groups is 1. The van der Waals surface area contributed by atoms with Crippen LogP contribution in [-0.4, -0.2) is 52.6 Å². The Balaban J connectivity index is 1.60. The molecule has 0 bridgehead atoms. The number of Topliss-reactive ketones (excluding diaryl/α,β-unsaturated/α-hetero) is 1. The Morgan fingerprint density at radius 1 is 1.23 bits per heavy atom. The molecule has 4 N–H and O–H groups in total. The Morgan fingerprint density at radius 2 is 1.95 bits per heavy atom. The number of nitrogens with one attached hydrogen (secondary N) is 1. The zero-order valence-electron chi connectivity index (χ0n) is 22.3. The number of rotatable bonds is 11. The Kier molecular flexibility index (Phi) is 8.22. The number of aromatic nitrogens is 1. The summed E-state index contributed by atoms with van der Waals surface area (Å²) in [5, 5.41) is 30.8. The summed E-state index contributed by atoms with van der Waals surface area (Å²) < 4.78 is 30.3. The average Bonchev–Trinajstić information content (AvgIpc) is 3.27. The molecule has 0 spiro atoms. The maximum atomic E-state index is 13.6. The molecule has 9 nitrogen and oxygen atoms in total. The number of aliphatic hydroxyl groups excluding tert-OH is 1. The van der Waals surface area contributed by atoms with Crippen LogP contribution >= 0.6 is 0 Å². The second-order valence-corrected chi connectivity index (χ2v) is 10.2. The van der Waals surface area contributed by atoms with Crippen molar-refractivity contribution in [2.75, 3.05) is 20.3 Å². The van der Waals surface area contributed by atoms with Crippen LogP contribution in [0.15, 0.2) is 48.5 Å². The zero-order valence-corrected chi connectivity index (χ0v) is 22.3. The van der Waals surface area contributed by atoms with Crippen LogP contribution in [0.2, 0.25) is 0 Å². The lowest BCUT2D eigenvalue weighted by molar-refractivity contribution is 0.0389. The smallest absolute Gasteiger partial charge is 0.163 e. The molecule has 39 heavy (non-hydrogen) atoms. The van der Waals surface area contributed by atoms with Crippen molar-refractivity contribution in [3.8, 4) is 28.5 Å². The van der Waals surface area contributed by atoms with Gasteiger partial charge in [-0.25, -0.2) is 9.37 Å². The Hall–Kier alpha value is -3.57. The number of hydrogen-bond donors (Lipinski definition) is 4. The summed E-state index contributed by atoms with van der Waals surface area (Å²) in [6.07, 6.45) is -0.610. The molecule has 1 aliphatic heterocycles. The molecule has 0 saturated heterocycles. The molecule has 2 aromatic carbocycles. The molecule has 2 heterocycles. The van der Waals surface area contributed by atoms with E-state index in [1.54, 1.807) is 57.2 Å². The standard InChI is InChI=1S/C29H33FN2O7/c1-17(33)15-38-23-10-7-19(13-24(23)37-4)22(34)11-12-29(3,35)25-14-21-27(39-16-28(21,2)32-36)26(31-25)18-5-8-20(30)9-6-18/h5-10,13-14,17,32-33,35-36H,11-12,15-16H2,1-4H3/t17-,28-,29-/m1/s1. The predicted molar refractivity (Wildman–Crippen MR) is 141 cm³/mol. The quantitative estimate of drug-likeness (QED) is 0.210. The van der Waals surface area contributed by atoms with Gasteiger partial charge in [-0.15, -0.1) is 0 Å². The monoisotopic (exact) mass is 540 g/mol. The summed E-state index contributed by atoms with van der Waals surface area (Å²) in [6.45, 7) is 5.12. The first-order chi connectivity index (χ1) is 18.5. The van der Waals surface area contributed by atoms with Crippen molar-refractivity contribution in [2.24, 2.45) is 0 Å². The van der Waals surface area contributed by atoms with E-state index in [1.807, 2.05) is 0 Å². The lowest BCUT2D eigenvalue weighted by atomic mass is 9.88. The van der Waals surface area contributed by atoms with Crippen LogP contribution in [-0.2, 0) is 11.1 Å². The number of ether oxygens (including phenoxy) is 3. The van der Waals surface area contributed by atoms with Crippen LogP contribution < -0.4 is 19.7 Å². The van der Waals surface area contributed by atoms with Gasteiger partial charge in [-0.3, -0.25) is 4.79 Å². The number of carbonyl (C=O) groups excluding carboxylic acids is 1. The summed E-state index contributed by atoms with van der Waals surface area (Å²) in [7, 11) is 1.46. The molecule has 3 atom stereocenters. The molecule has 0 radical (unpaired) electrons. The van der Waals surface area contributed by atoms with E-state index in [9.17, 15) is 24.6 Å². The first-order valence-electron chi connectivity index (χ1n) is 12.6. The van der Waals surface area contributed by atoms with Crippen LogP contribution in [0.3, 0.4) is 0 Å². The lowest BCUT2D eigenvalue weighted by Crippen LogP contribution is -2.39. The average molecular weight is 541 g/mol. The second-order valence-electron chi connectivity index (χ2n) is 10.2. The molecular weight excluding hydrogens is 507 g/mol. The highest BCUT2D eigenvalue weighted by atomic mass is 19.1. The lowest BCUT2D eigenvalue weighted by Gasteiger charge is -2.26. The van der Waals surface area contributed by atoms with Gasteiger partial charge in [0.25, 0.3) is 0 Å². The van der Waals surface area contributed by atoms with Gasteiger partial charge in [0.2, 0.25) is 0 Å². The molecular formula is C29H33FN2O7. The molecule has 0 unspecified atom stereocenters. The van der Waals surface area contributed by atoms with Gasteiger partial charge in [0, 0.05) is 23.1 Å². The van der Waals surface area contributed by atoms with Crippen LogP contribution in [0.1, 0.15) is 55.2 Å². The molecule has 1 aliphatic rings. The first-order valence-corrected chi connectivity index (χ1v) is 12.6. The topological polar surface area (TPSA) is 130 Å². The van der Waals surface area contributed by atoms with Crippen molar-refractivity contribution < 1.29 is 38.8 Å². The van der Waals surface area contributed by atoms with E-state index < -0.39 is 23.1 Å². The highest BCUT2D eigenvalue weighted by molar-refractivity contribution is 5.96. The van der Waals surface area contributed by atoms with Crippen LogP contribution in [0.5, 0.6) is 17.2 Å². The van der Waals surface area contributed by atoms with E-state index in [-0.39, 0.29) is 37.5 Å². The molecule has 10 heteroatoms. The van der Waals surface area contributed by atoms with Crippen molar-refractivity contribution in [1.29, 1.82) is 0 Å². The number of benzene rings is 2. The van der Waals surface area contributed by atoms with Crippen LogP contribution in [0.4, 0.5) is 4.39 Å². The summed E-state index contributed by atoms with van der Waals surface area (Å²) in [4.78, 5) is 17.7. The van der Waals surface area contributed by atoms with Gasteiger partial charge in [0.15, 0.2) is 23.0 Å². The highest BCUT2D eigenvalue weighted by Crippen LogP contribution is 2.44. The maximum absolute atomic E-state index is 13.6. The third kappa shape index (κ3) is 6.04. The van der Waals surface area contributed by atoms with E-state index >= 15 is 0 Å². The molecule has 0 fully saturated rings. The maximum Gasteiger partial charge on any atom is 0.163 e. The number of hydrogen-bond acceptors (Lipinski definition) is 9. The number of methoxy groups -OCH3 is 1. The fourth-order valence-corrected chi connectivity index (χ4v) is 4.36. The fraction of sp³-hybridized carbons (Fsp3) is 0.379. The number of pyridine rings is 1. The summed E-state index contributed by atoms with van der Waals surface area (Å²) in [6, 6.07) is 12.2. The predicted octanol–water partition coefficient (Wildman–Crippen LogP) is 4.11. The van der Waals surface area contributed by atoms with E-state index in [1.165, 1.54) is 19.2 Å². The molecule has 4 rings (SSSR count). The van der Waals surface area contributed by atoms with E-state index in [2.05, 4.69) is 10.5 Å². The highest BCUT2D eigenvalue weighted by Gasteiger charge is 2.40. The Bertz CT molecular complexity index is 1340. The van der Waals surface area contributed by atoms with Gasteiger partial charge >= 0.3 is 0 Å². The SMILES string of the molecule is COc1cc(C(=O)CC[C@@](C)(O)c2cc3c(c(-c4ccc(F)cc4)n2)OC[C@@]3(C)NO)ccc1OC[C@@H](C)O. The third-order valence-electron chi connectivity index (χ3n) is 6.79. The van der Waals surface area contributed by atoms with Gasteiger partial charge in [-0.1, -0.05) is 0 Å². The van der Waals surface area contributed by atoms with Gasteiger partial charge in [0.1, 0.15) is 35.9 Å². The zero-order chi connectivity index (χ0) is 28.4. The number of aliphatic hydroxyl groups is 2. The van der Waals surface area contributed by atoms with Crippen molar-refractivity contribution in [1.82, 2.24) is 10.5 Å². The summed E-state index contributed by atoms with van der Waals surface area (Å²) >= 11 is 0. The Labute approximate surface area is 226 Å². The van der Waals surface area contributed by atoms with E-state index in [0.29, 0.717) is 39.6 Å². The molecule has 3 aromatic rings. The molecule has 1 aromatic heterocycles. The molecule has 0 amide bonds. The summed E-state index contributed by atoms with van der Waals surface area (Å²) in [5.41, 5.74) is 2.01. The molecule has 0 saturated carbocycles. The Morgan fingerprint density at radius 3 is 2.59 bits per heavy atom.